The Morgan fingerprint density at radius 1 is 0.533 bits per heavy atom. The number of hydrogen-bond donors (Lipinski definition) is 0. The van der Waals surface area contributed by atoms with E-state index in [-0.39, 0.29) is 0 Å². The van der Waals surface area contributed by atoms with Crippen molar-refractivity contribution in [3.63, 3.8) is 0 Å². The van der Waals surface area contributed by atoms with Crippen LogP contribution in [-0.4, -0.2) is 0 Å². The van der Waals surface area contributed by atoms with Crippen molar-refractivity contribution in [2.75, 3.05) is 0 Å². The highest BCUT2D eigenvalue weighted by Gasteiger charge is 2.37. The molecule has 0 aliphatic heterocycles. The topological polar surface area (TPSA) is 0 Å². The third-order valence-electron chi connectivity index (χ3n) is 4.17. The van der Waals surface area contributed by atoms with Gasteiger partial charge in [-0.3, -0.25) is 0 Å². The summed E-state index contributed by atoms with van der Waals surface area (Å²) in [6.07, 6.45) is 13.7. The van der Waals surface area contributed by atoms with E-state index < -0.39 is 0 Å². The second-order valence-electron chi connectivity index (χ2n) is 6.39. The molecule has 4 saturated carbocycles. The van der Waals surface area contributed by atoms with Crippen LogP contribution in [0.5, 0.6) is 0 Å². The zero-order valence-electron chi connectivity index (χ0n) is 10.7. The van der Waals surface area contributed by atoms with Gasteiger partial charge in [-0.15, -0.1) is 0 Å². The van der Waals surface area contributed by atoms with Crippen molar-refractivity contribution in [2.24, 2.45) is 23.7 Å². The molecule has 4 fully saturated rings. The molecule has 4 aliphatic carbocycles. The molecule has 0 nitrogen and oxygen atoms in total. The van der Waals surface area contributed by atoms with Crippen LogP contribution in [0.15, 0.2) is 0 Å². The zero-order valence-corrected chi connectivity index (χ0v) is 10.7. The van der Waals surface area contributed by atoms with E-state index in [2.05, 4.69) is 13.8 Å². The largest absolute Gasteiger partial charge is 0.0625 e. The maximum absolute atomic E-state index is 2.31. The average molecular weight is 208 g/mol. The van der Waals surface area contributed by atoms with Gasteiger partial charge in [0.05, 0.1) is 0 Å². The summed E-state index contributed by atoms with van der Waals surface area (Å²) in [5.41, 5.74) is 0. The highest BCUT2D eigenvalue weighted by Crippen LogP contribution is 2.49. The second kappa shape index (κ2) is 5.37. The van der Waals surface area contributed by atoms with Crippen LogP contribution in [0.3, 0.4) is 0 Å². The molecule has 0 amide bonds. The maximum Gasteiger partial charge on any atom is -0.0386 e. The predicted molar refractivity (Wildman–Crippen MR) is 66.9 cm³/mol. The lowest BCUT2D eigenvalue weighted by atomic mass is 9.88. The van der Waals surface area contributed by atoms with Gasteiger partial charge >= 0.3 is 0 Å². The van der Waals surface area contributed by atoms with Crippen molar-refractivity contribution in [1.29, 1.82) is 0 Å². The molecule has 15 heavy (non-hydrogen) atoms. The quantitative estimate of drug-likeness (QED) is 0.567. The molecule has 0 bridgehead atoms. The molecule has 0 atom stereocenters. The number of rotatable bonds is 1. The van der Waals surface area contributed by atoms with E-state index >= 15 is 0 Å². The lowest BCUT2D eigenvalue weighted by molar-refractivity contribution is 0.346. The summed E-state index contributed by atoms with van der Waals surface area (Å²) in [5, 5.41) is 0. The van der Waals surface area contributed by atoms with Crippen molar-refractivity contribution in [3.8, 4) is 0 Å². The molecule has 0 radical (unpaired) electrons. The Balaban J connectivity index is 0.0000000875. The molecule has 0 aromatic carbocycles. The first-order valence-electron chi connectivity index (χ1n) is 7.25. The summed E-state index contributed by atoms with van der Waals surface area (Å²) in [6, 6.07) is 0. The highest BCUT2D eigenvalue weighted by atomic mass is 14.4. The van der Waals surface area contributed by atoms with Crippen LogP contribution in [0.1, 0.15) is 71.6 Å². The molecule has 0 spiro atoms. The minimum absolute atomic E-state index is 1.06. The van der Waals surface area contributed by atoms with Crippen LogP contribution in [-0.2, 0) is 0 Å². The van der Waals surface area contributed by atoms with Crippen LogP contribution in [0.25, 0.3) is 0 Å². The Hall–Kier alpha value is 0. The van der Waals surface area contributed by atoms with E-state index in [1.807, 2.05) is 0 Å². The van der Waals surface area contributed by atoms with Crippen molar-refractivity contribution >= 4 is 0 Å². The average Bonchev–Trinajstić information content (AvgIpc) is 2.98. The first-order chi connectivity index (χ1) is 7.25. The van der Waals surface area contributed by atoms with E-state index in [1.54, 1.807) is 25.7 Å². The fourth-order valence-electron chi connectivity index (χ4n) is 1.91. The van der Waals surface area contributed by atoms with Crippen LogP contribution < -0.4 is 0 Å². The Morgan fingerprint density at radius 3 is 0.933 bits per heavy atom. The SMILES string of the molecule is C1CC1C1CC1.CC1CC1.CC1CCC1. The third-order valence-corrected chi connectivity index (χ3v) is 4.17. The van der Waals surface area contributed by atoms with Crippen LogP contribution in [0.2, 0.25) is 0 Å². The van der Waals surface area contributed by atoms with Gasteiger partial charge in [-0.25, -0.2) is 0 Å². The Bertz CT molecular complexity index is 158. The molecule has 0 heteroatoms. The molecule has 0 N–H and O–H groups in total. The van der Waals surface area contributed by atoms with E-state index in [0.717, 1.165) is 11.8 Å². The smallest absolute Gasteiger partial charge is 0.0386 e. The van der Waals surface area contributed by atoms with Gasteiger partial charge in [0.2, 0.25) is 0 Å². The Morgan fingerprint density at radius 2 is 0.867 bits per heavy atom. The Kier molecular flexibility index (Phi) is 4.11. The minimum Gasteiger partial charge on any atom is -0.0625 e. The molecule has 0 unspecified atom stereocenters. The zero-order chi connectivity index (χ0) is 10.7. The van der Waals surface area contributed by atoms with Crippen LogP contribution >= 0.6 is 0 Å². The maximum atomic E-state index is 2.31. The molecule has 4 rings (SSSR count). The van der Waals surface area contributed by atoms with E-state index in [9.17, 15) is 0 Å². The molecular formula is C15H28. The summed E-state index contributed by atoms with van der Waals surface area (Å²) in [5.74, 6) is 4.57. The standard InChI is InChI=1S/C6H10.C5H10.C4H8/c1-2-5(1)6-3-4-6;1-5-3-2-4-5;1-4-2-3-4/h5-6H,1-4H2;5H,2-4H2,1H3;4H,2-3H2,1H3. The van der Waals surface area contributed by atoms with Crippen molar-refractivity contribution in [3.05, 3.63) is 0 Å². The van der Waals surface area contributed by atoms with Crippen molar-refractivity contribution < 1.29 is 0 Å². The molecule has 4 aliphatic rings. The summed E-state index contributed by atoms with van der Waals surface area (Å²) in [4.78, 5) is 0. The monoisotopic (exact) mass is 208 g/mol. The lowest BCUT2D eigenvalue weighted by Crippen LogP contribution is -2.04. The normalized spacial score (nSPS) is 29.2. The van der Waals surface area contributed by atoms with Gasteiger partial charge < -0.3 is 0 Å². The van der Waals surface area contributed by atoms with Crippen LogP contribution in [0, 0.1) is 23.7 Å². The number of hydrogen-bond acceptors (Lipinski definition) is 0. The van der Waals surface area contributed by atoms with Gasteiger partial charge in [0.15, 0.2) is 0 Å². The van der Waals surface area contributed by atoms with E-state index in [4.69, 9.17) is 0 Å². The summed E-state index contributed by atoms with van der Waals surface area (Å²) in [6.45, 7) is 4.59. The fraction of sp³-hybridized carbons (Fsp3) is 1.00. The van der Waals surface area contributed by atoms with Crippen LogP contribution in [0.4, 0.5) is 0 Å². The van der Waals surface area contributed by atoms with Gasteiger partial charge in [0.1, 0.15) is 0 Å². The van der Waals surface area contributed by atoms with Crippen molar-refractivity contribution in [2.45, 2.75) is 71.6 Å². The molecule has 0 aromatic heterocycles. The van der Waals surface area contributed by atoms with Crippen molar-refractivity contribution in [1.82, 2.24) is 0 Å². The predicted octanol–water partition coefficient (Wildman–Crippen LogP) is 5.03. The molecule has 0 saturated heterocycles. The summed E-state index contributed by atoms with van der Waals surface area (Å²) < 4.78 is 0. The molecule has 88 valence electrons. The highest BCUT2D eigenvalue weighted by molar-refractivity contribution is 4.89. The molecular weight excluding hydrogens is 180 g/mol. The summed E-state index contributed by atoms with van der Waals surface area (Å²) in [7, 11) is 0. The Labute approximate surface area is 95.8 Å². The van der Waals surface area contributed by atoms with E-state index in [0.29, 0.717) is 0 Å². The molecule has 0 heterocycles. The fourth-order valence-corrected chi connectivity index (χ4v) is 1.91. The van der Waals surface area contributed by atoms with Gasteiger partial charge in [-0.05, 0) is 49.4 Å². The van der Waals surface area contributed by atoms with Gasteiger partial charge in [-0.1, -0.05) is 46.0 Å². The second-order valence-corrected chi connectivity index (χ2v) is 6.39. The minimum atomic E-state index is 1.06. The molecule has 0 aromatic rings. The lowest BCUT2D eigenvalue weighted by Gasteiger charge is -2.18. The summed E-state index contributed by atoms with van der Waals surface area (Å²) >= 11 is 0. The first-order valence-corrected chi connectivity index (χ1v) is 7.25. The van der Waals surface area contributed by atoms with Gasteiger partial charge in [0.25, 0.3) is 0 Å². The first kappa shape index (κ1) is 11.5. The van der Waals surface area contributed by atoms with Gasteiger partial charge in [0, 0.05) is 0 Å². The van der Waals surface area contributed by atoms with E-state index in [1.165, 1.54) is 43.9 Å². The third kappa shape index (κ3) is 5.58. The van der Waals surface area contributed by atoms with Gasteiger partial charge in [-0.2, -0.15) is 0 Å².